The third-order valence-corrected chi connectivity index (χ3v) is 5.98. The van der Waals surface area contributed by atoms with Crippen LogP contribution in [0.3, 0.4) is 0 Å². The number of thioether (sulfide) groups is 1. The van der Waals surface area contributed by atoms with E-state index in [1.807, 2.05) is 43.3 Å². The standard InChI is InChI=1S/C20H20ClN5OS/c1-13(19(27)23-12-14-5-2-3-7-17(14)21)28-20-25-24-18(26(20)16-8-9-16)15-6-4-10-22-11-15/h2-7,10-11,13,16H,8-9,12H2,1H3,(H,23,27). The normalized spacial score (nSPS) is 14.6. The number of carbonyl (C=O) groups excluding carboxylic acids is 1. The first-order valence-corrected chi connectivity index (χ1v) is 10.4. The first kappa shape index (κ1) is 19.0. The summed E-state index contributed by atoms with van der Waals surface area (Å²) in [5, 5.41) is 12.8. The number of nitrogens with zero attached hydrogens (tertiary/aromatic N) is 4. The molecular formula is C20H20ClN5OS. The summed E-state index contributed by atoms with van der Waals surface area (Å²) in [7, 11) is 0. The van der Waals surface area contributed by atoms with Gasteiger partial charge in [0.25, 0.3) is 0 Å². The van der Waals surface area contributed by atoms with E-state index in [9.17, 15) is 4.79 Å². The summed E-state index contributed by atoms with van der Waals surface area (Å²) >= 11 is 7.58. The van der Waals surface area contributed by atoms with E-state index in [1.165, 1.54) is 11.8 Å². The van der Waals surface area contributed by atoms with Gasteiger partial charge in [0.1, 0.15) is 0 Å². The van der Waals surface area contributed by atoms with E-state index in [1.54, 1.807) is 12.4 Å². The fourth-order valence-electron chi connectivity index (χ4n) is 2.89. The maximum absolute atomic E-state index is 12.6. The van der Waals surface area contributed by atoms with Gasteiger partial charge < -0.3 is 5.32 Å². The van der Waals surface area contributed by atoms with Gasteiger partial charge in [-0.25, -0.2) is 0 Å². The molecule has 1 fully saturated rings. The number of rotatable bonds is 7. The number of halogens is 1. The van der Waals surface area contributed by atoms with Crippen molar-refractivity contribution in [1.29, 1.82) is 0 Å². The second-order valence-electron chi connectivity index (χ2n) is 6.72. The van der Waals surface area contributed by atoms with Crippen LogP contribution in [0.15, 0.2) is 53.9 Å². The smallest absolute Gasteiger partial charge is 0.233 e. The van der Waals surface area contributed by atoms with Crippen LogP contribution >= 0.6 is 23.4 Å². The van der Waals surface area contributed by atoms with Crippen molar-refractivity contribution in [2.45, 2.75) is 42.8 Å². The summed E-state index contributed by atoms with van der Waals surface area (Å²) in [6.45, 7) is 2.28. The lowest BCUT2D eigenvalue weighted by Crippen LogP contribution is -2.30. The maximum Gasteiger partial charge on any atom is 0.233 e. The van der Waals surface area contributed by atoms with Crippen LogP contribution < -0.4 is 5.32 Å². The van der Waals surface area contributed by atoms with E-state index in [-0.39, 0.29) is 11.2 Å². The van der Waals surface area contributed by atoms with Crippen LogP contribution in [0, 0.1) is 0 Å². The van der Waals surface area contributed by atoms with Crippen molar-refractivity contribution in [3.8, 4) is 11.4 Å². The lowest BCUT2D eigenvalue weighted by molar-refractivity contribution is -0.120. The number of carbonyl (C=O) groups is 1. The molecule has 1 atom stereocenters. The number of nitrogens with one attached hydrogen (secondary N) is 1. The first-order valence-electron chi connectivity index (χ1n) is 9.16. The van der Waals surface area contributed by atoms with Crippen LogP contribution in [-0.2, 0) is 11.3 Å². The summed E-state index contributed by atoms with van der Waals surface area (Å²) in [5.41, 5.74) is 1.83. The highest BCUT2D eigenvalue weighted by molar-refractivity contribution is 8.00. The second kappa shape index (κ2) is 8.32. The Balaban J connectivity index is 1.46. The molecule has 1 aliphatic rings. The van der Waals surface area contributed by atoms with Crippen molar-refractivity contribution in [3.63, 3.8) is 0 Å². The molecule has 1 aliphatic carbocycles. The first-order chi connectivity index (χ1) is 13.6. The minimum absolute atomic E-state index is 0.0572. The molecule has 0 saturated heterocycles. The quantitative estimate of drug-likeness (QED) is 0.589. The minimum atomic E-state index is -0.300. The fourth-order valence-corrected chi connectivity index (χ4v) is 4.04. The topological polar surface area (TPSA) is 72.7 Å². The van der Waals surface area contributed by atoms with Crippen molar-refractivity contribution in [3.05, 3.63) is 59.4 Å². The van der Waals surface area contributed by atoms with Gasteiger partial charge in [0, 0.05) is 35.6 Å². The molecule has 1 aromatic carbocycles. The maximum atomic E-state index is 12.6. The molecule has 28 heavy (non-hydrogen) atoms. The number of pyridine rings is 1. The lowest BCUT2D eigenvalue weighted by Gasteiger charge is -2.14. The van der Waals surface area contributed by atoms with Crippen LogP contribution in [-0.4, -0.2) is 30.9 Å². The molecule has 6 nitrogen and oxygen atoms in total. The monoisotopic (exact) mass is 413 g/mol. The third-order valence-electron chi connectivity index (χ3n) is 4.56. The highest BCUT2D eigenvalue weighted by Crippen LogP contribution is 2.41. The average Bonchev–Trinajstić information content (AvgIpc) is 3.47. The van der Waals surface area contributed by atoms with E-state index < -0.39 is 0 Å². The van der Waals surface area contributed by atoms with Crippen LogP contribution in [0.2, 0.25) is 5.02 Å². The molecule has 4 rings (SSSR count). The van der Waals surface area contributed by atoms with Gasteiger partial charge in [0.15, 0.2) is 11.0 Å². The van der Waals surface area contributed by atoms with Gasteiger partial charge in [-0.1, -0.05) is 41.6 Å². The van der Waals surface area contributed by atoms with Crippen molar-refractivity contribution in [1.82, 2.24) is 25.1 Å². The zero-order valence-electron chi connectivity index (χ0n) is 15.4. The molecule has 3 aromatic rings. The van der Waals surface area contributed by atoms with Gasteiger partial charge in [0.05, 0.1) is 5.25 Å². The second-order valence-corrected chi connectivity index (χ2v) is 8.43. The van der Waals surface area contributed by atoms with Gasteiger partial charge >= 0.3 is 0 Å². The number of amides is 1. The van der Waals surface area contributed by atoms with E-state index in [0.717, 1.165) is 34.9 Å². The molecule has 1 saturated carbocycles. The molecule has 2 heterocycles. The zero-order valence-corrected chi connectivity index (χ0v) is 17.0. The highest BCUT2D eigenvalue weighted by Gasteiger charge is 2.31. The summed E-state index contributed by atoms with van der Waals surface area (Å²) < 4.78 is 2.14. The molecule has 1 N–H and O–H groups in total. The Kier molecular flexibility index (Phi) is 5.64. The Labute approximate surface area is 172 Å². The largest absolute Gasteiger partial charge is 0.351 e. The van der Waals surface area contributed by atoms with E-state index >= 15 is 0 Å². The molecule has 8 heteroatoms. The predicted molar refractivity (Wildman–Crippen MR) is 110 cm³/mol. The lowest BCUT2D eigenvalue weighted by atomic mass is 10.2. The summed E-state index contributed by atoms with van der Waals surface area (Å²) in [6, 6.07) is 11.8. The Hall–Kier alpha value is -2.38. The fraction of sp³-hybridized carbons (Fsp3) is 0.300. The molecule has 1 unspecified atom stereocenters. The number of benzene rings is 1. The van der Waals surface area contributed by atoms with Crippen LogP contribution in [0.4, 0.5) is 0 Å². The van der Waals surface area contributed by atoms with Crippen molar-refractivity contribution >= 4 is 29.3 Å². The number of hydrogen-bond acceptors (Lipinski definition) is 5. The number of hydrogen-bond donors (Lipinski definition) is 1. The van der Waals surface area contributed by atoms with Crippen molar-refractivity contribution < 1.29 is 4.79 Å². The molecule has 0 bridgehead atoms. The SMILES string of the molecule is CC(Sc1nnc(-c2cccnc2)n1C1CC1)C(=O)NCc1ccccc1Cl. The zero-order chi connectivity index (χ0) is 19.5. The van der Waals surface area contributed by atoms with E-state index in [0.29, 0.717) is 17.6 Å². The van der Waals surface area contributed by atoms with Crippen molar-refractivity contribution in [2.24, 2.45) is 0 Å². The highest BCUT2D eigenvalue weighted by atomic mass is 35.5. The third kappa shape index (κ3) is 4.20. The average molecular weight is 414 g/mol. The van der Waals surface area contributed by atoms with Crippen LogP contribution in [0.1, 0.15) is 31.4 Å². The Bertz CT molecular complexity index is 974. The molecular weight excluding hydrogens is 394 g/mol. The summed E-state index contributed by atoms with van der Waals surface area (Å²) in [5.74, 6) is 0.750. The van der Waals surface area contributed by atoms with Crippen LogP contribution in [0.5, 0.6) is 0 Å². The predicted octanol–water partition coefficient (Wildman–Crippen LogP) is 4.13. The summed E-state index contributed by atoms with van der Waals surface area (Å²) in [4.78, 5) is 16.7. The van der Waals surface area contributed by atoms with Gasteiger partial charge in [0.2, 0.25) is 5.91 Å². The molecule has 1 amide bonds. The number of aromatic nitrogens is 4. The summed E-state index contributed by atoms with van der Waals surface area (Å²) in [6.07, 6.45) is 5.73. The Morgan fingerprint density at radius 3 is 2.82 bits per heavy atom. The molecule has 0 aliphatic heterocycles. The molecule has 2 aromatic heterocycles. The van der Waals surface area contributed by atoms with E-state index in [2.05, 4.69) is 25.1 Å². The Morgan fingerprint density at radius 2 is 2.11 bits per heavy atom. The molecule has 0 radical (unpaired) electrons. The minimum Gasteiger partial charge on any atom is -0.351 e. The van der Waals surface area contributed by atoms with E-state index in [4.69, 9.17) is 11.6 Å². The van der Waals surface area contributed by atoms with Gasteiger partial charge in [-0.15, -0.1) is 10.2 Å². The van der Waals surface area contributed by atoms with Gasteiger partial charge in [-0.3, -0.25) is 14.3 Å². The Morgan fingerprint density at radius 1 is 1.29 bits per heavy atom. The van der Waals surface area contributed by atoms with Crippen LogP contribution in [0.25, 0.3) is 11.4 Å². The molecule has 0 spiro atoms. The van der Waals surface area contributed by atoms with Crippen molar-refractivity contribution in [2.75, 3.05) is 0 Å². The molecule has 144 valence electrons. The van der Waals surface area contributed by atoms with Gasteiger partial charge in [-0.2, -0.15) is 0 Å². The van der Waals surface area contributed by atoms with Gasteiger partial charge in [-0.05, 0) is 43.5 Å².